The molecule has 0 spiro atoms. The first kappa shape index (κ1) is 35.0. The molecule has 0 bridgehead atoms. The summed E-state index contributed by atoms with van der Waals surface area (Å²) in [7, 11) is 0. The van der Waals surface area contributed by atoms with Crippen LogP contribution in [0.5, 0.6) is 0 Å². The molecular weight excluding hydrogens is 779 g/mol. The van der Waals surface area contributed by atoms with Crippen molar-refractivity contribution in [3.63, 3.8) is 0 Å². The van der Waals surface area contributed by atoms with Gasteiger partial charge in [-0.15, -0.1) is 0 Å². The van der Waals surface area contributed by atoms with E-state index in [0.717, 1.165) is 50.0 Å². The summed E-state index contributed by atoms with van der Waals surface area (Å²) in [6.45, 7) is 0. The van der Waals surface area contributed by atoms with E-state index in [9.17, 15) is 0 Å². The van der Waals surface area contributed by atoms with Gasteiger partial charge in [0.1, 0.15) is 5.58 Å². The van der Waals surface area contributed by atoms with Gasteiger partial charge in [-0.3, -0.25) is 0 Å². The number of nitrogens with zero attached hydrogens (tertiary/aromatic N) is 3. The highest BCUT2D eigenvalue weighted by molar-refractivity contribution is 6.16. The van der Waals surface area contributed by atoms with E-state index in [2.05, 4.69) is 232 Å². The summed E-state index contributed by atoms with van der Waals surface area (Å²) < 4.78 is 13.8. The van der Waals surface area contributed by atoms with E-state index in [4.69, 9.17) is 4.42 Å². The molecule has 0 saturated carbocycles. The molecular formula is C60H37N3O. The van der Waals surface area contributed by atoms with Gasteiger partial charge in [-0.25, -0.2) is 0 Å². The van der Waals surface area contributed by atoms with Crippen molar-refractivity contribution in [1.29, 1.82) is 0 Å². The monoisotopic (exact) mass is 815 g/mol. The molecule has 14 aromatic rings. The Bertz CT molecular complexity index is 3970. The molecule has 4 nitrogen and oxygen atoms in total. The SMILES string of the molecule is c1ccc(-n2c3ccccc3c3cc(-c4ccc5c(c4)c4cc(-c6ccc7c(c6)c6ccccc6n7-c6ccccc6)ccc4n5-c4cccc5c4oc4ccccc45)ccc32)cc1. The molecule has 0 saturated heterocycles. The van der Waals surface area contributed by atoms with Gasteiger partial charge in [0.15, 0.2) is 5.58 Å². The Morgan fingerprint density at radius 2 is 0.625 bits per heavy atom. The van der Waals surface area contributed by atoms with Crippen LogP contribution in [0.3, 0.4) is 0 Å². The summed E-state index contributed by atoms with van der Waals surface area (Å²) in [4.78, 5) is 0. The Morgan fingerprint density at radius 3 is 1.12 bits per heavy atom. The molecule has 0 unspecified atom stereocenters. The lowest BCUT2D eigenvalue weighted by Gasteiger charge is -2.10. The summed E-state index contributed by atoms with van der Waals surface area (Å²) in [5.74, 6) is 0. The second-order valence-electron chi connectivity index (χ2n) is 16.9. The molecule has 298 valence electrons. The molecule has 0 amide bonds. The third-order valence-corrected chi connectivity index (χ3v) is 13.4. The average molecular weight is 816 g/mol. The van der Waals surface area contributed by atoms with Crippen molar-refractivity contribution < 1.29 is 4.42 Å². The minimum Gasteiger partial charge on any atom is -0.454 e. The van der Waals surface area contributed by atoms with Crippen molar-refractivity contribution in [2.24, 2.45) is 0 Å². The van der Waals surface area contributed by atoms with Crippen molar-refractivity contribution >= 4 is 87.4 Å². The van der Waals surface area contributed by atoms with E-state index in [1.807, 2.05) is 6.07 Å². The summed E-state index contributed by atoms with van der Waals surface area (Å²) >= 11 is 0. The van der Waals surface area contributed by atoms with Crippen LogP contribution in [0.4, 0.5) is 0 Å². The van der Waals surface area contributed by atoms with Crippen LogP contribution in [0.15, 0.2) is 229 Å². The fraction of sp³-hybridized carbons (Fsp3) is 0. The molecule has 4 heterocycles. The molecule has 64 heavy (non-hydrogen) atoms. The van der Waals surface area contributed by atoms with Crippen molar-refractivity contribution in [2.45, 2.75) is 0 Å². The standard InChI is InChI=1S/C60H37N3O/c1-3-14-42(15-4-1)61-52-22-10-7-18-44(52)48-34-38(26-30-54(48)61)40-28-32-56-50(36-40)51-37-41(29-33-57(51)63(56)58-24-13-21-47-46-20-9-12-25-59(46)64-60(47)58)39-27-31-55-49(35-39)45-19-8-11-23-53(45)62(55)43-16-5-2-6-17-43/h1-37H. The van der Waals surface area contributed by atoms with Gasteiger partial charge in [0.05, 0.1) is 38.8 Å². The number of hydrogen-bond acceptors (Lipinski definition) is 1. The lowest BCUT2D eigenvalue weighted by molar-refractivity contribution is 0.666. The van der Waals surface area contributed by atoms with E-state index in [-0.39, 0.29) is 0 Å². The normalized spacial score (nSPS) is 12.1. The smallest absolute Gasteiger partial charge is 0.159 e. The number of fused-ring (bicyclic) bond motifs is 12. The highest BCUT2D eigenvalue weighted by Gasteiger charge is 2.21. The lowest BCUT2D eigenvalue weighted by Crippen LogP contribution is -1.94. The highest BCUT2D eigenvalue weighted by Crippen LogP contribution is 2.43. The van der Waals surface area contributed by atoms with E-state index in [0.29, 0.717) is 0 Å². The number of benzene rings is 10. The van der Waals surface area contributed by atoms with E-state index in [1.165, 1.54) is 76.6 Å². The first-order chi connectivity index (χ1) is 31.7. The van der Waals surface area contributed by atoms with Crippen LogP contribution in [0.2, 0.25) is 0 Å². The van der Waals surface area contributed by atoms with Gasteiger partial charge in [0.25, 0.3) is 0 Å². The highest BCUT2D eigenvalue weighted by atomic mass is 16.3. The Hall–Kier alpha value is -8.60. The largest absolute Gasteiger partial charge is 0.454 e. The summed E-state index contributed by atoms with van der Waals surface area (Å²) in [5.41, 5.74) is 16.9. The van der Waals surface area contributed by atoms with Gasteiger partial charge in [-0.1, -0.05) is 127 Å². The molecule has 0 radical (unpaired) electrons. The molecule has 14 rings (SSSR count). The van der Waals surface area contributed by atoms with Gasteiger partial charge < -0.3 is 18.1 Å². The number of furan rings is 1. The fourth-order valence-corrected chi connectivity index (χ4v) is 10.6. The molecule has 0 atom stereocenters. The first-order valence-corrected chi connectivity index (χ1v) is 21.9. The van der Waals surface area contributed by atoms with Crippen LogP contribution in [0, 0.1) is 0 Å². The van der Waals surface area contributed by atoms with Crippen LogP contribution >= 0.6 is 0 Å². The third kappa shape index (κ3) is 5.05. The Kier molecular flexibility index (Phi) is 7.36. The molecule has 4 aromatic heterocycles. The molecule has 0 aliphatic heterocycles. The zero-order valence-electron chi connectivity index (χ0n) is 34.6. The van der Waals surface area contributed by atoms with Gasteiger partial charge in [-0.2, -0.15) is 0 Å². The fourth-order valence-electron chi connectivity index (χ4n) is 10.6. The van der Waals surface area contributed by atoms with Crippen LogP contribution in [-0.4, -0.2) is 13.7 Å². The number of aromatic nitrogens is 3. The van der Waals surface area contributed by atoms with Crippen molar-refractivity contribution in [1.82, 2.24) is 13.7 Å². The summed E-state index contributed by atoms with van der Waals surface area (Å²) in [5, 5.41) is 9.58. The van der Waals surface area contributed by atoms with Crippen LogP contribution in [0.25, 0.3) is 127 Å². The molecule has 0 aliphatic rings. The van der Waals surface area contributed by atoms with Crippen molar-refractivity contribution in [3.8, 4) is 39.3 Å². The average Bonchev–Trinajstić information content (AvgIpc) is 4.10. The maximum absolute atomic E-state index is 6.69. The van der Waals surface area contributed by atoms with Gasteiger partial charge >= 0.3 is 0 Å². The number of hydrogen-bond donors (Lipinski definition) is 0. The van der Waals surface area contributed by atoms with Gasteiger partial charge in [0, 0.05) is 54.5 Å². The van der Waals surface area contributed by atoms with Crippen LogP contribution in [-0.2, 0) is 0 Å². The molecule has 4 heteroatoms. The summed E-state index contributed by atoms with van der Waals surface area (Å²) in [6, 6.07) is 81.5. The lowest BCUT2D eigenvalue weighted by atomic mass is 9.98. The third-order valence-electron chi connectivity index (χ3n) is 13.4. The Balaban J connectivity index is 0.997. The van der Waals surface area contributed by atoms with Gasteiger partial charge in [0.2, 0.25) is 0 Å². The van der Waals surface area contributed by atoms with Crippen LogP contribution < -0.4 is 0 Å². The Labute approximate surface area is 367 Å². The van der Waals surface area contributed by atoms with Crippen LogP contribution in [0.1, 0.15) is 0 Å². The first-order valence-electron chi connectivity index (χ1n) is 21.9. The van der Waals surface area contributed by atoms with Crippen molar-refractivity contribution in [2.75, 3.05) is 0 Å². The quantitative estimate of drug-likeness (QED) is 0.170. The second-order valence-corrected chi connectivity index (χ2v) is 16.9. The molecule has 10 aromatic carbocycles. The predicted octanol–water partition coefficient (Wildman–Crippen LogP) is 16.2. The number of para-hydroxylation sites is 6. The molecule has 0 fully saturated rings. The molecule has 0 aliphatic carbocycles. The zero-order valence-corrected chi connectivity index (χ0v) is 34.6. The van der Waals surface area contributed by atoms with Gasteiger partial charge in [-0.05, 0) is 119 Å². The minimum atomic E-state index is 0.885. The summed E-state index contributed by atoms with van der Waals surface area (Å²) in [6.07, 6.45) is 0. The molecule has 0 N–H and O–H groups in total. The zero-order chi connectivity index (χ0) is 41.9. The second kappa shape index (κ2) is 13.4. The van der Waals surface area contributed by atoms with E-state index >= 15 is 0 Å². The topological polar surface area (TPSA) is 27.9 Å². The maximum atomic E-state index is 6.69. The minimum absolute atomic E-state index is 0.885. The Morgan fingerprint density at radius 1 is 0.250 bits per heavy atom. The van der Waals surface area contributed by atoms with E-state index in [1.54, 1.807) is 0 Å². The van der Waals surface area contributed by atoms with E-state index < -0.39 is 0 Å². The maximum Gasteiger partial charge on any atom is 0.159 e. The van der Waals surface area contributed by atoms with Crippen molar-refractivity contribution in [3.05, 3.63) is 224 Å². The predicted molar refractivity (Wildman–Crippen MR) is 268 cm³/mol. The number of rotatable bonds is 5.